The Bertz CT molecular complexity index is 688. The van der Waals surface area contributed by atoms with Crippen molar-refractivity contribution in [2.75, 3.05) is 0 Å². The van der Waals surface area contributed by atoms with E-state index < -0.39 is 0 Å². The summed E-state index contributed by atoms with van der Waals surface area (Å²) in [4.78, 5) is 15.6. The van der Waals surface area contributed by atoms with Crippen LogP contribution in [0.2, 0.25) is 15.2 Å². The monoisotopic (exact) mass is 391 g/mol. The molecule has 0 fully saturated rings. The van der Waals surface area contributed by atoms with Crippen molar-refractivity contribution in [2.24, 2.45) is 0 Å². The highest BCUT2D eigenvalue weighted by atomic mass is 79.9. The van der Waals surface area contributed by atoms with Gasteiger partial charge >= 0.3 is 0 Å². The van der Waals surface area contributed by atoms with Gasteiger partial charge in [0.05, 0.1) is 5.02 Å². The first-order valence-electron chi connectivity index (χ1n) is 5.68. The molecule has 0 spiro atoms. The predicted molar refractivity (Wildman–Crippen MR) is 86.2 cm³/mol. The smallest absolute Gasteiger partial charge is 0.161 e. The third-order valence-electron chi connectivity index (χ3n) is 2.84. The topological polar surface area (TPSA) is 30.0 Å². The lowest BCUT2D eigenvalue weighted by molar-refractivity contribution is 0.101. The molecule has 1 heterocycles. The van der Waals surface area contributed by atoms with Crippen molar-refractivity contribution in [2.45, 2.75) is 13.3 Å². The van der Waals surface area contributed by atoms with E-state index >= 15 is 0 Å². The van der Waals surface area contributed by atoms with E-state index in [-0.39, 0.29) is 10.9 Å². The molecule has 2 aromatic rings. The molecule has 1 aromatic carbocycles. The molecule has 0 amide bonds. The Labute approximate surface area is 140 Å². The van der Waals surface area contributed by atoms with E-state index in [2.05, 4.69) is 20.9 Å². The number of carbonyl (C=O) groups excluding carboxylic acids is 1. The van der Waals surface area contributed by atoms with Crippen LogP contribution in [0.25, 0.3) is 0 Å². The van der Waals surface area contributed by atoms with Gasteiger partial charge in [-0.05, 0) is 30.2 Å². The molecule has 0 radical (unpaired) electrons. The fraction of sp³-hybridized carbons (Fsp3) is 0.143. The van der Waals surface area contributed by atoms with Crippen molar-refractivity contribution in [1.82, 2.24) is 4.98 Å². The van der Waals surface area contributed by atoms with Crippen LogP contribution in [0.15, 0.2) is 28.9 Å². The molecule has 0 N–H and O–H groups in total. The number of benzene rings is 1. The lowest BCUT2D eigenvalue weighted by Crippen LogP contribution is -2.04. The first kappa shape index (κ1) is 15.8. The summed E-state index contributed by atoms with van der Waals surface area (Å²) < 4.78 is 0.886. The molecule has 0 saturated heterocycles. The first-order valence-corrected chi connectivity index (χ1v) is 7.60. The molecule has 2 rings (SSSR count). The number of rotatable bonds is 3. The van der Waals surface area contributed by atoms with Crippen LogP contribution in [0.5, 0.6) is 0 Å². The van der Waals surface area contributed by atoms with Crippen LogP contribution in [0.1, 0.15) is 28.4 Å². The molecule has 0 aliphatic carbocycles. The fourth-order valence-electron chi connectivity index (χ4n) is 1.83. The standard InChI is InChI=1S/C14H9BrCl3NO/c1-7(20)11-6-19-14(18)13(17)10(11)4-8-2-3-9(15)5-12(8)16/h2-3,5-6H,4H2,1H3. The average Bonchev–Trinajstić information content (AvgIpc) is 2.37. The summed E-state index contributed by atoms with van der Waals surface area (Å²) in [5.41, 5.74) is 1.96. The molecule has 20 heavy (non-hydrogen) atoms. The molecule has 0 unspecified atom stereocenters. The van der Waals surface area contributed by atoms with Gasteiger partial charge in [-0.15, -0.1) is 0 Å². The SMILES string of the molecule is CC(=O)c1cnc(Cl)c(Cl)c1Cc1ccc(Br)cc1Cl. The van der Waals surface area contributed by atoms with E-state index in [1.807, 2.05) is 12.1 Å². The van der Waals surface area contributed by atoms with Gasteiger partial charge < -0.3 is 0 Å². The summed E-state index contributed by atoms with van der Waals surface area (Å²) >= 11 is 21.7. The number of hydrogen-bond donors (Lipinski definition) is 0. The van der Waals surface area contributed by atoms with Crippen molar-refractivity contribution in [1.29, 1.82) is 0 Å². The molecule has 0 aliphatic rings. The van der Waals surface area contributed by atoms with E-state index in [0.717, 1.165) is 10.0 Å². The van der Waals surface area contributed by atoms with Crippen molar-refractivity contribution in [3.05, 3.63) is 60.8 Å². The molecule has 0 bridgehead atoms. The summed E-state index contributed by atoms with van der Waals surface area (Å²) in [5.74, 6) is -0.112. The maximum absolute atomic E-state index is 11.7. The zero-order valence-corrected chi connectivity index (χ0v) is 14.2. The van der Waals surface area contributed by atoms with Gasteiger partial charge in [-0.25, -0.2) is 4.98 Å². The van der Waals surface area contributed by atoms with E-state index in [0.29, 0.717) is 27.6 Å². The van der Waals surface area contributed by atoms with Gasteiger partial charge in [-0.1, -0.05) is 56.8 Å². The van der Waals surface area contributed by atoms with Crippen molar-refractivity contribution < 1.29 is 4.79 Å². The van der Waals surface area contributed by atoms with Crippen LogP contribution in [0, 0.1) is 0 Å². The Balaban J connectivity index is 2.52. The Morgan fingerprint density at radius 1 is 1.30 bits per heavy atom. The highest BCUT2D eigenvalue weighted by Crippen LogP contribution is 2.31. The van der Waals surface area contributed by atoms with E-state index in [1.54, 1.807) is 6.07 Å². The minimum atomic E-state index is -0.112. The van der Waals surface area contributed by atoms with Crippen LogP contribution in [-0.4, -0.2) is 10.8 Å². The Morgan fingerprint density at radius 2 is 2.00 bits per heavy atom. The predicted octanol–water partition coefficient (Wildman–Crippen LogP) is 5.60. The Kier molecular flexibility index (Phi) is 5.08. The third-order valence-corrected chi connectivity index (χ3v) is 4.48. The van der Waals surface area contributed by atoms with Crippen molar-refractivity contribution in [3.63, 3.8) is 0 Å². The minimum absolute atomic E-state index is 0.112. The molecule has 0 saturated carbocycles. The van der Waals surface area contributed by atoms with Gasteiger partial charge in [0.15, 0.2) is 5.78 Å². The van der Waals surface area contributed by atoms with E-state index in [4.69, 9.17) is 34.8 Å². The maximum atomic E-state index is 11.7. The Hall–Kier alpha value is -0.610. The highest BCUT2D eigenvalue weighted by molar-refractivity contribution is 9.10. The summed E-state index contributed by atoms with van der Waals surface area (Å²) in [7, 11) is 0. The van der Waals surface area contributed by atoms with Gasteiger partial charge in [0.1, 0.15) is 5.15 Å². The summed E-state index contributed by atoms with van der Waals surface area (Å²) in [6, 6.07) is 5.55. The van der Waals surface area contributed by atoms with Gasteiger partial charge in [-0.2, -0.15) is 0 Å². The highest BCUT2D eigenvalue weighted by Gasteiger charge is 2.16. The van der Waals surface area contributed by atoms with Gasteiger partial charge in [0.25, 0.3) is 0 Å². The van der Waals surface area contributed by atoms with Crippen LogP contribution in [-0.2, 0) is 6.42 Å². The number of ketones is 1. The fourth-order valence-corrected chi connectivity index (χ4v) is 2.95. The second-order valence-electron chi connectivity index (χ2n) is 4.22. The summed E-state index contributed by atoms with van der Waals surface area (Å²) in [6.45, 7) is 1.47. The van der Waals surface area contributed by atoms with Gasteiger partial charge in [-0.3, -0.25) is 4.79 Å². The molecule has 1 aromatic heterocycles. The minimum Gasteiger partial charge on any atom is -0.294 e. The lowest BCUT2D eigenvalue weighted by atomic mass is 9.99. The maximum Gasteiger partial charge on any atom is 0.161 e. The second-order valence-corrected chi connectivity index (χ2v) is 6.28. The quantitative estimate of drug-likeness (QED) is 0.502. The first-order chi connectivity index (χ1) is 9.40. The normalized spacial score (nSPS) is 10.7. The molecule has 6 heteroatoms. The van der Waals surface area contributed by atoms with Crippen molar-refractivity contribution >= 4 is 56.5 Å². The number of Topliss-reactive ketones (excluding diaryl/α,β-unsaturated/α-hetero) is 1. The molecular formula is C14H9BrCl3NO. The van der Waals surface area contributed by atoms with Crippen molar-refractivity contribution in [3.8, 4) is 0 Å². The molecule has 2 nitrogen and oxygen atoms in total. The second kappa shape index (κ2) is 6.44. The van der Waals surface area contributed by atoms with Gasteiger partial charge in [0.2, 0.25) is 0 Å². The molecule has 0 atom stereocenters. The summed E-state index contributed by atoms with van der Waals surface area (Å²) in [5, 5.41) is 1.07. The van der Waals surface area contributed by atoms with E-state index in [9.17, 15) is 4.79 Å². The van der Waals surface area contributed by atoms with Crippen LogP contribution >= 0.6 is 50.7 Å². The van der Waals surface area contributed by atoms with Gasteiger partial charge in [0, 0.05) is 27.7 Å². The zero-order valence-electron chi connectivity index (χ0n) is 10.4. The number of halogens is 4. The van der Waals surface area contributed by atoms with E-state index in [1.165, 1.54) is 13.1 Å². The number of aromatic nitrogens is 1. The Morgan fingerprint density at radius 3 is 2.60 bits per heavy atom. The molecule has 0 aliphatic heterocycles. The molecular weight excluding hydrogens is 384 g/mol. The summed E-state index contributed by atoms with van der Waals surface area (Å²) in [6.07, 6.45) is 1.86. The number of pyridine rings is 1. The van der Waals surface area contributed by atoms with Crippen LogP contribution in [0.4, 0.5) is 0 Å². The lowest BCUT2D eigenvalue weighted by Gasteiger charge is -2.11. The van der Waals surface area contributed by atoms with Crippen LogP contribution < -0.4 is 0 Å². The zero-order chi connectivity index (χ0) is 14.9. The molecule has 104 valence electrons. The average molecular weight is 393 g/mol. The number of nitrogens with zero attached hydrogens (tertiary/aromatic N) is 1. The third kappa shape index (κ3) is 3.34. The largest absolute Gasteiger partial charge is 0.294 e. The number of hydrogen-bond acceptors (Lipinski definition) is 2. The van der Waals surface area contributed by atoms with Crippen LogP contribution in [0.3, 0.4) is 0 Å². The number of carbonyl (C=O) groups is 1.